The third kappa shape index (κ3) is 6.24. The lowest BCUT2D eigenvalue weighted by Crippen LogP contribution is -2.38. The van der Waals surface area contributed by atoms with Crippen molar-refractivity contribution >= 4 is 39.0 Å². The quantitative estimate of drug-likeness (QED) is 0.613. The SMILES string of the molecule is CCOC(=O)CS(=O)(=O)Nc1ccc(OC2CCN(c3ccncc3)CC2)c(Cl)c1. The minimum absolute atomic E-state index is 0.0203. The smallest absolute Gasteiger partial charge is 0.323 e. The first kappa shape index (κ1) is 22.2. The molecule has 2 aromatic rings. The highest BCUT2D eigenvalue weighted by Gasteiger charge is 2.22. The summed E-state index contributed by atoms with van der Waals surface area (Å²) < 4.78 is 37.1. The highest BCUT2D eigenvalue weighted by atomic mass is 35.5. The van der Waals surface area contributed by atoms with Gasteiger partial charge in [0.2, 0.25) is 10.0 Å². The summed E-state index contributed by atoms with van der Waals surface area (Å²) in [5.41, 5.74) is 1.39. The van der Waals surface area contributed by atoms with E-state index in [-0.39, 0.29) is 18.4 Å². The molecule has 8 nitrogen and oxygen atoms in total. The number of esters is 1. The normalized spacial score (nSPS) is 14.9. The van der Waals surface area contributed by atoms with Gasteiger partial charge >= 0.3 is 5.97 Å². The summed E-state index contributed by atoms with van der Waals surface area (Å²) in [4.78, 5) is 17.7. The zero-order chi connectivity index (χ0) is 21.6. The van der Waals surface area contributed by atoms with Gasteiger partial charge in [-0.05, 0) is 37.3 Å². The van der Waals surface area contributed by atoms with Gasteiger partial charge in [-0.25, -0.2) is 8.42 Å². The van der Waals surface area contributed by atoms with Gasteiger partial charge < -0.3 is 14.4 Å². The summed E-state index contributed by atoms with van der Waals surface area (Å²) in [6, 6.07) is 8.61. The van der Waals surface area contributed by atoms with Crippen LogP contribution in [0.2, 0.25) is 5.02 Å². The maximum absolute atomic E-state index is 12.1. The number of carbonyl (C=O) groups is 1. The topological polar surface area (TPSA) is 97.8 Å². The summed E-state index contributed by atoms with van der Waals surface area (Å²) in [6.07, 6.45) is 5.26. The van der Waals surface area contributed by atoms with Crippen molar-refractivity contribution in [1.82, 2.24) is 4.98 Å². The fourth-order valence-electron chi connectivity index (χ4n) is 3.20. The van der Waals surface area contributed by atoms with E-state index in [1.165, 1.54) is 6.07 Å². The fourth-order valence-corrected chi connectivity index (χ4v) is 4.38. The number of carbonyl (C=O) groups excluding carboxylic acids is 1. The van der Waals surface area contributed by atoms with Crippen molar-refractivity contribution in [3.63, 3.8) is 0 Å². The number of pyridine rings is 1. The molecule has 1 aliphatic rings. The standard InChI is InChI=1S/C20H24ClN3O5S/c1-2-28-20(25)14-30(26,27)23-15-3-4-19(18(21)13-15)29-17-7-11-24(12-8-17)16-5-9-22-10-6-16/h3-6,9-10,13,17,23H,2,7-8,11-12,14H2,1H3. The number of hydrogen-bond donors (Lipinski definition) is 1. The molecule has 0 amide bonds. The van der Waals surface area contributed by atoms with Gasteiger partial charge in [-0.3, -0.25) is 14.5 Å². The van der Waals surface area contributed by atoms with Crippen molar-refractivity contribution in [3.8, 4) is 5.75 Å². The summed E-state index contributed by atoms with van der Waals surface area (Å²) in [5, 5.41) is 0.294. The van der Waals surface area contributed by atoms with Crippen molar-refractivity contribution in [2.75, 3.05) is 35.1 Å². The van der Waals surface area contributed by atoms with Crippen molar-refractivity contribution in [2.24, 2.45) is 0 Å². The van der Waals surface area contributed by atoms with Gasteiger partial charge in [0.05, 0.1) is 17.3 Å². The highest BCUT2D eigenvalue weighted by Crippen LogP contribution is 2.31. The van der Waals surface area contributed by atoms with E-state index in [2.05, 4.69) is 19.3 Å². The van der Waals surface area contributed by atoms with Crippen LogP contribution in [0.15, 0.2) is 42.7 Å². The Balaban J connectivity index is 1.55. The zero-order valence-corrected chi connectivity index (χ0v) is 18.2. The number of nitrogens with one attached hydrogen (secondary N) is 1. The predicted molar refractivity (Wildman–Crippen MR) is 116 cm³/mol. The van der Waals surface area contributed by atoms with Crippen LogP contribution in [0.1, 0.15) is 19.8 Å². The van der Waals surface area contributed by atoms with Crippen molar-refractivity contribution < 1.29 is 22.7 Å². The van der Waals surface area contributed by atoms with E-state index in [9.17, 15) is 13.2 Å². The van der Waals surface area contributed by atoms with Crippen LogP contribution in [0.4, 0.5) is 11.4 Å². The average Bonchev–Trinajstić information content (AvgIpc) is 2.71. The molecule has 0 spiro atoms. The van der Waals surface area contributed by atoms with Crippen LogP contribution in [0.3, 0.4) is 0 Å². The van der Waals surface area contributed by atoms with Crippen molar-refractivity contribution in [3.05, 3.63) is 47.7 Å². The van der Waals surface area contributed by atoms with Crippen LogP contribution in [-0.4, -0.2) is 50.9 Å². The van der Waals surface area contributed by atoms with Gasteiger partial charge in [0.15, 0.2) is 5.75 Å². The molecule has 0 unspecified atom stereocenters. The average molecular weight is 454 g/mol. The summed E-state index contributed by atoms with van der Waals surface area (Å²) in [7, 11) is -3.88. The van der Waals surface area contributed by atoms with Gasteiger partial charge in [-0.2, -0.15) is 0 Å². The number of halogens is 1. The number of piperidine rings is 1. The Morgan fingerprint density at radius 3 is 2.57 bits per heavy atom. The second-order valence-corrected chi connectivity index (χ2v) is 8.95. The van der Waals surface area contributed by atoms with Crippen LogP contribution in [0.5, 0.6) is 5.75 Å². The molecule has 1 fully saturated rings. The molecule has 0 bridgehead atoms. The molecular formula is C20H24ClN3O5S. The molecule has 3 rings (SSSR count). The van der Waals surface area contributed by atoms with Crippen LogP contribution in [0.25, 0.3) is 0 Å². The predicted octanol–water partition coefficient (Wildman–Crippen LogP) is 3.09. The lowest BCUT2D eigenvalue weighted by Gasteiger charge is -2.33. The third-order valence-corrected chi connectivity index (χ3v) is 6.04. The monoisotopic (exact) mass is 453 g/mol. The Morgan fingerprint density at radius 1 is 1.23 bits per heavy atom. The summed E-state index contributed by atoms with van der Waals surface area (Å²) in [6.45, 7) is 3.45. The number of hydrogen-bond acceptors (Lipinski definition) is 7. The number of aromatic nitrogens is 1. The molecule has 30 heavy (non-hydrogen) atoms. The largest absolute Gasteiger partial charge is 0.489 e. The maximum atomic E-state index is 12.1. The lowest BCUT2D eigenvalue weighted by molar-refractivity contribution is -0.139. The van der Waals surface area contributed by atoms with Gasteiger partial charge in [0, 0.05) is 44.0 Å². The van der Waals surface area contributed by atoms with E-state index in [1.807, 2.05) is 12.1 Å². The number of ether oxygens (including phenoxy) is 2. The molecule has 162 valence electrons. The van der Waals surface area contributed by atoms with E-state index in [0.717, 1.165) is 31.6 Å². The minimum atomic E-state index is -3.88. The van der Waals surface area contributed by atoms with Crippen LogP contribution in [0, 0.1) is 0 Å². The Kier molecular flexibility index (Phi) is 7.38. The number of rotatable bonds is 8. The zero-order valence-electron chi connectivity index (χ0n) is 16.6. The van der Waals surface area contributed by atoms with Crippen molar-refractivity contribution in [1.29, 1.82) is 0 Å². The second kappa shape index (κ2) is 9.99. The number of sulfonamides is 1. The molecule has 1 aliphatic heterocycles. The van der Waals surface area contributed by atoms with Gasteiger partial charge in [0.1, 0.15) is 11.9 Å². The molecule has 1 N–H and O–H groups in total. The number of nitrogens with zero attached hydrogens (tertiary/aromatic N) is 2. The number of anilines is 2. The number of benzene rings is 1. The van der Waals surface area contributed by atoms with E-state index in [4.69, 9.17) is 16.3 Å². The van der Waals surface area contributed by atoms with E-state index in [0.29, 0.717) is 10.8 Å². The molecule has 0 atom stereocenters. The molecule has 10 heteroatoms. The Hall–Kier alpha value is -2.52. The van der Waals surface area contributed by atoms with Crippen LogP contribution >= 0.6 is 11.6 Å². The highest BCUT2D eigenvalue weighted by molar-refractivity contribution is 7.93. The Labute approximate surface area is 181 Å². The van der Waals surface area contributed by atoms with Gasteiger partial charge in [-0.15, -0.1) is 0 Å². The maximum Gasteiger partial charge on any atom is 0.323 e. The molecular weight excluding hydrogens is 430 g/mol. The first-order chi connectivity index (χ1) is 14.4. The molecule has 0 radical (unpaired) electrons. The molecule has 1 aromatic heterocycles. The minimum Gasteiger partial charge on any atom is -0.489 e. The molecule has 1 saturated heterocycles. The Morgan fingerprint density at radius 2 is 1.93 bits per heavy atom. The second-order valence-electron chi connectivity index (χ2n) is 6.82. The van der Waals surface area contributed by atoms with E-state index >= 15 is 0 Å². The van der Waals surface area contributed by atoms with Crippen molar-refractivity contribution in [2.45, 2.75) is 25.9 Å². The van der Waals surface area contributed by atoms with Crippen LogP contribution < -0.4 is 14.4 Å². The fraction of sp³-hybridized carbons (Fsp3) is 0.400. The summed E-state index contributed by atoms with van der Waals surface area (Å²) >= 11 is 6.29. The van der Waals surface area contributed by atoms with Crippen LogP contribution in [-0.2, 0) is 19.6 Å². The molecule has 0 saturated carbocycles. The van der Waals surface area contributed by atoms with Gasteiger partial charge in [0.25, 0.3) is 0 Å². The first-order valence-corrected chi connectivity index (χ1v) is 11.7. The molecule has 2 heterocycles. The Bertz CT molecular complexity index is 964. The molecule has 1 aromatic carbocycles. The van der Waals surface area contributed by atoms with E-state index in [1.54, 1.807) is 31.5 Å². The van der Waals surface area contributed by atoms with E-state index < -0.39 is 21.7 Å². The van der Waals surface area contributed by atoms with Gasteiger partial charge in [-0.1, -0.05) is 11.6 Å². The third-order valence-electron chi connectivity index (χ3n) is 4.58. The molecule has 0 aliphatic carbocycles. The lowest BCUT2D eigenvalue weighted by atomic mass is 10.1. The first-order valence-electron chi connectivity index (χ1n) is 9.63. The summed E-state index contributed by atoms with van der Waals surface area (Å²) in [5.74, 6) is -1.08.